The average Bonchev–Trinajstić information content (AvgIpc) is 3.80. The van der Waals surface area contributed by atoms with Crippen molar-refractivity contribution in [2.75, 3.05) is 9.80 Å². The summed E-state index contributed by atoms with van der Waals surface area (Å²) in [6, 6.07) is 47.5. The normalized spacial score (nSPS) is 13.2. The molecule has 3 aromatic heterocycles. The summed E-state index contributed by atoms with van der Waals surface area (Å²) < 4.78 is 11.3. The molecule has 0 saturated heterocycles. The van der Waals surface area contributed by atoms with E-state index < -0.39 is 0 Å². The third-order valence-electron chi connectivity index (χ3n) is 9.84. The maximum Gasteiger partial charge on any atom is 0.135 e. The van der Waals surface area contributed by atoms with E-state index in [9.17, 15) is 0 Å². The zero-order valence-corrected chi connectivity index (χ0v) is 33.6. The molecule has 1 aliphatic heterocycles. The van der Waals surface area contributed by atoms with Gasteiger partial charge in [0.2, 0.25) is 0 Å². The number of thiophene rings is 1. The molecule has 0 unspecified atom stereocenters. The Balaban J connectivity index is 0.00000400. The van der Waals surface area contributed by atoms with Crippen LogP contribution in [0.5, 0.6) is 11.5 Å². The molecule has 4 heterocycles. The predicted molar refractivity (Wildman–Crippen MR) is 217 cm³/mol. The van der Waals surface area contributed by atoms with E-state index in [0.29, 0.717) is 11.5 Å². The summed E-state index contributed by atoms with van der Waals surface area (Å²) >= 11 is 1.81. The first kappa shape index (κ1) is 35.1. The molecular weight excluding hydrogens is 852 g/mol. The summed E-state index contributed by atoms with van der Waals surface area (Å²) in [6.07, 6.45) is 1.92. The first-order chi connectivity index (χ1) is 25.0. The summed E-state index contributed by atoms with van der Waals surface area (Å²) in [5.74, 6) is 2.11. The minimum Gasteiger partial charge on any atom is -0.509 e. The molecule has 5 aromatic carbocycles. The Kier molecular flexibility index (Phi) is 8.75. The third kappa shape index (κ3) is 6.12. The minimum absolute atomic E-state index is 0. The number of rotatable bonds is 5. The number of pyridine rings is 1. The van der Waals surface area contributed by atoms with Crippen molar-refractivity contribution in [3.8, 4) is 17.3 Å². The molecule has 5 nitrogen and oxygen atoms in total. The van der Waals surface area contributed by atoms with Gasteiger partial charge in [-0.2, -0.15) is 12.1 Å². The van der Waals surface area contributed by atoms with Gasteiger partial charge in [0.25, 0.3) is 0 Å². The van der Waals surface area contributed by atoms with Gasteiger partial charge in [0.15, 0.2) is 0 Å². The Morgan fingerprint density at radius 3 is 2.13 bits per heavy atom. The van der Waals surface area contributed by atoms with Gasteiger partial charge in [-0.1, -0.05) is 101 Å². The van der Waals surface area contributed by atoms with E-state index in [1.165, 1.54) is 31.6 Å². The van der Waals surface area contributed by atoms with Gasteiger partial charge in [-0.3, -0.25) is 0 Å². The van der Waals surface area contributed by atoms with Gasteiger partial charge < -0.3 is 19.1 Å². The molecule has 0 aliphatic carbocycles. The number of ether oxygens (including phenoxy) is 1. The van der Waals surface area contributed by atoms with E-state index in [2.05, 4.69) is 172 Å². The fraction of sp³-hybridized carbons (Fsp3) is 0.174. The van der Waals surface area contributed by atoms with E-state index in [1.54, 1.807) is 0 Å². The van der Waals surface area contributed by atoms with Crippen molar-refractivity contribution < 1.29 is 25.8 Å². The van der Waals surface area contributed by atoms with Gasteiger partial charge in [0.1, 0.15) is 5.82 Å². The molecule has 9 rings (SSSR count). The van der Waals surface area contributed by atoms with Crippen molar-refractivity contribution in [3.05, 3.63) is 151 Å². The van der Waals surface area contributed by atoms with E-state index in [1.807, 2.05) is 35.7 Å². The van der Waals surface area contributed by atoms with Crippen LogP contribution in [0.25, 0.3) is 37.0 Å². The van der Waals surface area contributed by atoms with Crippen LogP contribution in [-0.2, 0) is 31.9 Å². The summed E-state index contributed by atoms with van der Waals surface area (Å²) in [4.78, 5) is 9.37. The predicted octanol–water partition coefficient (Wildman–Crippen LogP) is 12.8. The van der Waals surface area contributed by atoms with Crippen LogP contribution in [0.4, 0.5) is 22.7 Å². The molecular formula is C46H39N4OPtS-3. The first-order valence-corrected chi connectivity index (χ1v) is 18.5. The zero-order valence-electron chi connectivity index (χ0n) is 30.5. The molecule has 0 N–H and O–H groups in total. The van der Waals surface area contributed by atoms with Crippen LogP contribution in [0.3, 0.4) is 0 Å². The topological polar surface area (TPSA) is 33.5 Å². The monoisotopic (exact) mass is 890 g/mol. The third-order valence-corrected chi connectivity index (χ3v) is 11.0. The number of benzene rings is 5. The molecule has 1 aliphatic rings. The summed E-state index contributed by atoms with van der Waals surface area (Å²) in [5.41, 5.74) is 8.83. The van der Waals surface area contributed by atoms with Crippen molar-refractivity contribution >= 4 is 65.3 Å². The fourth-order valence-electron chi connectivity index (χ4n) is 7.24. The number of fused-ring (bicyclic) bond motifs is 6. The summed E-state index contributed by atoms with van der Waals surface area (Å²) in [6.45, 7) is 15.6. The van der Waals surface area contributed by atoms with E-state index in [4.69, 9.17) is 9.72 Å². The molecule has 268 valence electrons. The van der Waals surface area contributed by atoms with E-state index >= 15 is 0 Å². The molecule has 0 fully saturated rings. The fourth-order valence-corrected chi connectivity index (χ4v) is 8.45. The maximum atomic E-state index is 6.58. The first-order valence-electron chi connectivity index (χ1n) is 17.7. The second kappa shape index (κ2) is 13.2. The van der Waals surface area contributed by atoms with Crippen LogP contribution in [0.1, 0.15) is 52.7 Å². The molecule has 0 radical (unpaired) electrons. The number of hydrogen-bond donors (Lipinski definition) is 0. The van der Waals surface area contributed by atoms with Crippen LogP contribution in [0.2, 0.25) is 0 Å². The Morgan fingerprint density at radius 2 is 1.36 bits per heavy atom. The van der Waals surface area contributed by atoms with Crippen LogP contribution in [0.15, 0.2) is 121 Å². The van der Waals surface area contributed by atoms with Crippen molar-refractivity contribution in [3.63, 3.8) is 0 Å². The molecule has 0 spiro atoms. The van der Waals surface area contributed by atoms with Crippen molar-refractivity contribution in [1.29, 1.82) is 0 Å². The smallest absolute Gasteiger partial charge is 0.135 e. The number of anilines is 4. The van der Waals surface area contributed by atoms with Crippen LogP contribution in [-0.4, -0.2) is 9.55 Å². The number of nitrogens with zero attached hydrogens (tertiary/aromatic N) is 4. The van der Waals surface area contributed by atoms with E-state index in [0.717, 1.165) is 39.3 Å². The standard InChI is InChI=1S/C46H39N4OS.Pt/c1-45(2,3)30-24-25-47-42(26-30)50-40-28-33(22-23-34(40)44-43(50)35-16-7-12-21-41(35)52-44)51-32-15-13-14-31(27-32)48-29-49(39-20-11-10-19-38(39)48)37-18-9-8-17-36(37)46(4,5)6;/h7-26,29H,1-6H3;/q-3;. The largest absolute Gasteiger partial charge is 0.509 e. The molecule has 0 atom stereocenters. The van der Waals surface area contributed by atoms with Crippen LogP contribution >= 0.6 is 11.3 Å². The summed E-state index contributed by atoms with van der Waals surface area (Å²) in [7, 11) is 0. The van der Waals surface area contributed by atoms with Gasteiger partial charge in [-0.05, 0) is 58.4 Å². The molecule has 7 heteroatoms. The molecule has 8 aromatic rings. The second-order valence-electron chi connectivity index (χ2n) is 15.5. The molecule has 53 heavy (non-hydrogen) atoms. The average molecular weight is 891 g/mol. The number of aromatic nitrogens is 2. The number of hydrogen-bond acceptors (Lipinski definition) is 5. The summed E-state index contributed by atoms with van der Waals surface area (Å²) in [5, 5.41) is 2.34. The van der Waals surface area contributed by atoms with Crippen LogP contribution in [0, 0.1) is 18.8 Å². The van der Waals surface area contributed by atoms with Gasteiger partial charge >= 0.3 is 0 Å². The van der Waals surface area contributed by atoms with Crippen molar-refractivity contribution in [1.82, 2.24) is 9.55 Å². The van der Waals surface area contributed by atoms with Crippen molar-refractivity contribution in [2.45, 2.75) is 52.4 Å². The van der Waals surface area contributed by atoms with Gasteiger partial charge in [-0.15, -0.1) is 54.0 Å². The van der Waals surface area contributed by atoms with Gasteiger partial charge in [0, 0.05) is 70.6 Å². The number of para-hydroxylation sites is 3. The quantitative estimate of drug-likeness (QED) is 0.161. The van der Waals surface area contributed by atoms with Crippen LogP contribution < -0.4 is 14.5 Å². The molecule has 0 bridgehead atoms. The van der Waals surface area contributed by atoms with E-state index in [-0.39, 0.29) is 31.9 Å². The zero-order chi connectivity index (χ0) is 35.8. The minimum atomic E-state index is -0.0183. The molecule has 0 saturated carbocycles. The van der Waals surface area contributed by atoms with Crippen molar-refractivity contribution in [2.24, 2.45) is 0 Å². The van der Waals surface area contributed by atoms with Gasteiger partial charge in [-0.25, -0.2) is 4.98 Å². The Hall–Kier alpha value is -4.90. The maximum absolute atomic E-state index is 6.58. The molecule has 0 amide bonds. The van der Waals surface area contributed by atoms with Gasteiger partial charge in [0.05, 0.1) is 5.52 Å². The second-order valence-corrected chi connectivity index (χ2v) is 16.5. The Morgan fingerprint density at radius 1 is 0.660 bits per heavy atom. The Bertz CT molecular complexity index is 2640. The SMILES string of the molecule is CC(C)(C)c1ccnc(-n2c3[c-]c(Oc4[c-]c(N5[CH-]N(c6ccccc6C(C)(C)C)c6ccccc65)ccc4)ccc3c3sc4ccccc4c32)c1.[Pt]. The Labute approximate surface area is 329 Å².